The molecule has 9 nitrogen and oxygen atoms in total. The van der Waals surface area contributed by atoms with Crippen molar-refractivity contribution in [3.8, 4) is 0 Å². The fraction of sp³-hybridized carbons (Fsp3) is 0.417. The molecule has 182 valence electrons. The third-order valence-corrected chi connectivity index (χ3v) is 6.64. The zero-order valence-corrected chi connectivity index (χ0v) is 20.0. The zero-order chi connectivity index (χ0) is 24.2. The molecule has 1 aromatic rings. The van der Waals surface area contributed by atoms with Crippen molar-refractivity contribution in [2.45, 2.75) is 44.6 Å². The zero-order valence-electron chi connectivity index (χ0n) is 19.3. The minimum absolute atomic E-state index is 0.0274. The highest BCUT2D eigenvalue weighted by molar-refractivity contribution is 6.34. The van der Waals surface area contributed by atoms with Crippen LogP contribution in [-0.2, 0) is 9.59 Å². The Morgan fingerprint density at radius 3 is 2.91 bits per heavy atom. The second kappa shape index (κ2) is 10.5. The molecule has 4 rings (SSSR count). The van der Waals surface area contributed by atoms with Crippen LogP contribution in [0.15, 0.2) is 54.3 Å². The van der Waals surface area contributed by atoms with Gasteiger partial charge in [-0.2, -0.15) is 0 Å². The van der Waals surface area contributed by atoms with Crippen LogP contribution in [0, 0.1) is 0 Å². The molecule has 3 aliphatic rings. The molecule has 1 aromatic carbocycles. The molecule has 0 spiro atoms. The number of dihydropyridines is 1. The van der Waals surface area contributed by atoms with Gasteiger partial charge in [0, 0.05) is 37.3 Å². The third-order valence-electron chi connectivity index (χ3n) is 6.34. The van der Waals surface area contributed by atoms with Crippen molar-refractivity contribution in [1.82, 2.24) is 15.2 Å². The summed E-state index contributed by atoms with van der Waals surface area (Å²) in [5.41, 5.74) is 7.64. The number of hydrazine groups is 1. The molecule has 0 bridgehead atoms. The van der Waals surface area contributed by atoms with Crippen molar-refractivity contribution in [3.63, 3.8) is 0 Å². The first-order chi connectivity index (χ1) is 16.4. The smallest absolute Gasteiger partial charge is 0.270 e. The van der Waals surface area contributed by atoms with Crippen molar-refractivity contribution in [3.05, 3.63) is 59.3 Å². The molecule has 34 heavy (non-hydrogen) atoms. The molecule has 0 saturated carbocycles. The van der Waals surface area contributed by atoms with Crippen LogP contribution >= 0.6 is 11.6 Å². The van der Waals surface area contributed by atoms with Crippen LogP contribution in [0.4, 0.5) is 11.4 Å². The minimum Gasteiger partial charge on any atom is -0.385 e. The summed E-state index contributed by atoms with van der Waals surface area (Å²) in [4.78, 5) is 30.0. The van der Waals surface area contributed by atoms with Gasteiger partial charge in [-0.1, -0.05) is 23.7 Å². The number of para-hydroxylation sites is 1. The van der Waals surface area contributed by atoms with E-state index in [0.717, 1.165) is 30.6 Å². The number of rotatable bonds is 5. The first kappa shape index (κ1) is 24.1. The number of nitrogens with two attached hydrogens (primary N) is 2. The van der Waals surface area contributed by atoms with Gasteiger partial charge in [0.15, 0.2) is 6.29 Å². The van der Waals surface area contributed by atoms with E-state index in [2.05, 4.69) is 15.5 Å². The van der Waals surface area contributed by atoms with Gasteiger partial charge in [-0.05, 0) is 56.7 Å². The monoisotopic (exact) mass is 485 g/mol. The van der Waals surface area contributed by atoms with Gasteiger partial charge in [0.25, 0.3) is 5.91 Å². The van der Waals surface area contributed by atoms with Crippen molar-refractivity contribution in [2.24, 2.45) is 11.6 Å². The summed E-state index contributed by atoms with van der Waals surface area (Å²) in [7, 11) is 0. The van der Waals surface area contributed by atoms with Crippen LogP contribution in [0.25, 0.3) is 0 Å². The van der Waals surface area contributed by atoms with Crippen LogP contribution in [0.5, 0.6) is 0 Å². The molecule has 1 fully saturated rings. The van der Waals surface area contributed by atoms with Crippen LogP contribution in [0.3, 0.4) is 0 Å². The number of halogens is 1. The SMILES string of the molecule is CC1C=C(C(=O)N(N)C2Nc3cccc(Cl)c3N2[C@@H]2CCCCN(C(=O)/C=C/CN)C2)C=CN1. The van der Waals surface area contributed by atoms with E-state index in [9.17, 15) is 9.59 Å². The van der Waals surface area contributed by atoms with E-state index in [0.29, 0.717) is 30.2 Å². The maximum absolute atomic E-state index is 13.3. The Balaban J connectivity index is 1.65. The fourth-order valence-electron chi connectivity index (χ4n) is 4.70. The van der Waals surface area contributed by atoms with Crippen LogP contribution in [-0.4, -0.2) is 59.7 Å². The van der Waals surface area contributed by atoms with Gasteiger partial charge in [0.2, 0.25) is 5.91 Å². The molecular weight excluding hydrogens is 454 g/mol. The molecular formula is C24H32ClN7O2. The Labute approximate surface area is 205 Å². The van der Waals surface area contributed by atoms with Gasteiger partial charge in [-0.25, -0.2) is 10.9 Å². The highest BCUT2D eigenvalue weighted by Gasteiger charge is 2.41. The molecule has 2 unspecified atom stereocenters. The average Bonchev–Trinajstić information content (AvgIpc) is 3.06. The molecule has 2 amide bonds. The predicted molar refractivity (Wildman–Crippen MR) is 135 cm³/mol. The lowest BCUT2D eigenvalue weighted by molar-refractivity contribution is -0.129. The molecule has 6 N–H and O–H groups in total. The molecule has 3 aliphatic heterocycles. The largest absolute Gasteiger partial charge is 0.385 e. The number of anilines is 2. The summed E-state index contributed by atoms with van der Waals surface area (Å²) < 4.78 is 0. The van der Waals surface area contributed by atoms with Gasteiger partial charge in [-0.3, -0.25) is 9.59 Å². The van der Waals surface area contributed by atoms with Crippen LogP contribution < -0.4 is 27.1 Å². The molecule has 0 radical (unpaired) electrons. The quantitative estimate of drug-likeness (QED) is 0.217. The fourth-order valence-corrected chi connectivity index (χ4v) is 4.97. The van der Waals surface area contributed by atoms with Gasteiger partial charge in [-0.15, -0.1) is 0 Å². The summed E-state index contributed by atoms with van der Waals surface area (Å²) in [5, 5.41) is 8.29. The first-order valence-electron chi connectivity index (χ1n) is 11.6. The lowest BCUT2D eigenvalue weighted by Crippen LogP contribution is -2.60. The van der Waals surface area contributed by atoms with E-state index in [1.807, 2.05) is 36.1 Å². The molecule has 0 aliphatic carbocycles. The maximum Gasteiger partial charge on any atom is 0.270 e. The number of fused-ring (bicyclic) bond motifs is 1. The summed E-state index contributed by atoms with van der Waals surface area (Å²) in [6.07, 6.45) is 10.5. The summed E-state index contributed by atoms with van der Waals surface area (Å²) in [6.45, 7) is 3.43. The Bertz CT molecular complexity index is 1020. The van der Waals surface area contributed by atoms with Crippen molar-refractivity contribution < 1.29 is 9.59 Å². The number of nitrogens with zero attached hydrogens (tertiary/aromatic N) is 3. The molecule has 3 atom stereocenters. The number of carbonyl (C=O) groups excluding carboxylic acids is 2. The second-order valence-electron chi connectivity index (χ2n) is 8.76. The Kier molecular flexibility index (Phi) is 7.45. The number of hydrogen-bond acceptors (Lipinski definition) is 7. The summed E-state index contributed by atoms with van der Waals surface area (Å²) >= 11 is 6.65. The predicted octanol–water partition coefficient (Wildman–Crippen LogP) is 1.89. The Hall–Kier alpha value is -3.01. The minimum atomic E-state index is -0.651. The van der Waals surface area contributed by atoms with Crippen molar-refractivity contribution in [2.75, 3.05) is 29.9 Å². The van der Waals surface area contributed by atoms with E-state index in [-0.39, 0.29) is 23.9 Å². The van der Waals surface area contributed by atoms with Gasteiger partial charge in [0.05, 0.1) is 22.4 Å². The van der Waals surface area contributed by atoms with Crippen molar-refractivity contribution in [1.29, 1.82) is 0 Å². The van der Waals surface area contributed by atoms with E-state index >= 15 is 0 Å². The molecule has 1 saturated heterocycles. The van der Waals surface area contributed by atoms with Gasteiger partial charge >= 0.3 is 0 Å². The number of benzene rings is 1. The van der Waals surface area contributed by atoms with Crippen LogP contribution in [0.1, 0.15) is 26.2 Å². The van der Waals surface area contributed by atoms with Gasteiger partial charge < -0.3 is 26.2 Å². The summed E-state index contributed by atoms with van der Waals surface area (Å²) in [5.74, 6) is 6.09. The summed E-state index contributed by atoms with van der Waals surface area (Å²) in [6, 6.07) is 5.54. The number of amides is 2. The van der Waals surface area contributed by atoms with E-state index in [1.54, 1.807) is 18.4 Å². The second-order valence-corrected chi connectivity index (χ2v) is 9.16. The number of hydrogen-bond donors (Lipinski definition) is 4. The van der Waals surface area contributed by atoms with E-state index < -0.39 is 6.29 Å². The standard InChI is InChI=1S/C24H32ClN7O2/c1-16-14-17(10-12-28-16)23(34)32(27)24-29-20-8-4-7-19(25)22(20)31(24)18-6-2-3-13-30(15-18)21(33)9-5-11-26/h4-5,7-10,12,14,16,18,24,28-29H,2-3,6,11,13,15,26-27H2,1H3/b9-5+/t16?,18-,24?/m1/s1. The first-order valence-corrected chi connectivity index (χ1v) is 12.0. The molecule has 0 aromatic heterocycles. The third kappa shape index (κ3) is 4.91. The van der Waals surface area contributed by atoms with Crippen LogP contribution in [0.2, 0.25) is 5.02 Å². The molecule has 10 heteroatoms. The number of likely N-dealkylation sites (tertiary alicyclic amines) is 1. The van der Waals surface area contributed by atoms with Gasteiger partial charge in [0.1, 0.15) is 0 Å². The molecule has 3 heterocycles. The maximum atomic E-state index is 13.3. The normalized spacial score (nSPS) is 24.2. The Morgan fingerprint density at radius 2 is 2.15 bits per heavy atom. The van der Waals surface area contributed by atoms with E-state index in [4.69, 9.17) is 23.2 Å². The lowest BCUT2D eigenvalue weighted by Gasteiger charge is -2.39. The average molecular weight is 486 g/mol. The van der Waals surface area contributed by atoms with E-state index in [1.165, 1.54) is 11.1 Å². The van der Waals surface area contributed by atoms with Crippen molar-refractivity contribution >= 4 is 34.8 Å². The topological polar surface area (TPSA) is 120 Å². The number of carbonyl (C=O) groups is 2. The highest BCUT2D eigenvalue weighted by Crippen LogP contribution is 2.43. The lowest BCUT2D eigenvalue weighted by atomic mass is 10.1. The number of nitrogens with one attached hydrogen (secondary N) is 2. The highest BCUT2D eigenvalue weighted by atomic mass is 35.5. The Morgan fingerprint density at radius 1 is 1.32 bits per heavy atom.